The predicted octanol–water partition coefficient (Wildman–Crippen LogP) is 4.20. The van der Waals surface area contributed by atoms with Crippen molar-refractivity contribution < 1.29 is 23.9 Å². The minimum atomic E-state index is -1.36. The van der Waals surface area contributed by atoms with Crippen molar-refractivity contribution in [2.45, 2.75) is 83.4 Å². The Hall–Kier alpha value is -4.34. The van der Waals surface area contributed by atoms with E-state index in [1.807, 2.05) is 67.7 Å². The number of amides is 4. The molecule has 1 aromatic heterocycles. The van der Waals surface area contributed by atoms with Gasteiger partial charge in [0.25, 0.3) is 0 Å². The highest BCUT2D eigenvalue weighted by Crippen LogP contribution is 2.36. The average Bonchev–Trinajstić information content (AvgIpc) is 3.38. The molecule has 4 rings (SSSR count). The number of carbonyl (C=O) groups is 4. The number of ether oxygens (including phenoxy) is 1. The summed E-state index contributed by atoms with van der Waals surface area (Å²) >= 11 is 0. The van der Waals surface area contributed by atoms with Gasteiger partial charge in [-0.05, 0) is 71.6 Å². The minimum absolute atomic E-state index is 0.0445. The molecular weight excluding hydrogens is 558 g/mol. The van der Waals surface area contributed by atoms with Gasteiger partial charge in [-0.3, -0.25) is 14.4 Å². The smallest absolute Gasteiger partial charge is 0.408 e. The van der Waals surface area contributed by atoms with Crippen LogP contribution in [0.15, 0.2) is 60.8 Å². The van der Waals surface area contributed by atoms with Gasteiger partial charge in [-0.15, -0.1) is 0 Å². The Morgan fingerprint density at radius 3 is 2.23 bits per heavy atom. The van der Waals surface area contributed by atoms with E-state index in [1.54, 1.807) is 39.5 Å². The van der Waals surface area contributed by atoms with Crippen molar-refractivity contribution in [2.24, 2.45) is 0 Å². The molecule has 0 bridgehead atoms. The number of aromatic nitrogens is 1. The van der Waals surface area contributed by atoms with Gasteiger partial charge in [0.1, 0.15) is 17.2 Å². The van der Waals surface area contributed by atoms with Crippen molar-refractivity contribution in [3.8, 4) is 0 Å². The van der Waals surface area contributed by atoms with Crippen LogP contribution in [0.3, 0.4) is 0 Å². The van der Waals surface area contributed by atoms with Crippen LogP contribution in [-0.4, -0.2) is 70.5 Å². The van der Waals surface area contributed by atoms with Crippen LogP contribution in [0.2, 0.25) is 0 Å². The zero-order valence-electron chi connectivity index (χ0n) is 26.6. The number of alkyl carbamates (subject to hydrolysis) is 1. The van der Waals surface area contributed by atoms with Gasteiger partial charge < -0.3 is 30.6 Å². The molecule has 1 aliphatic rings. The topological polar surface area (TPSA) is 133 Å². The molecule has 2 heterocycles. The molecule has 0 unspecified atom stereocenters. The molecule has 3 aromatic rings. The van der Waals surface area contributed by atoms with Crippen LogP contribution in [0.4, 0.5) is 4.79 Å². The monoisotopic (exact) mass is 603 g/mol. The number of aromatic amines is 1. The third-order valence-electron chi connectivity index (χ3n) is 8.11. The Balaban J connectivity index is 1.57. The Kier molecular flexibility index (Phi) is 9.71. The van der Waals surface area contributed by atoms with Crippen molar-refractivity contribution in [1.82, 2.24) is 25.8 Å². The van der Waals surface area contributed by atoms with E-state index in [0.717, 1.165) is 22.0 Å². The SMILES string of the molecule is CCNC(=O)C1(c2ccccc2)CCN(C(=O)[C@@H](Cc2c[nH]c3ccccc23)NC(=O)C(C)(C)NC(=O)OC(C)(C)C)CC1. The molecule has 1 fully saturated rings. The number of nitrogens with one attached hydrogen (secondary N) is 4. The Labute approximate surface area is 259 Å². The van der Waals surface area contributed by atoms with Crippen LogP contribution in [0.25, 0.3) is 10.9 Å². The van der Waals surface area contributed by atoms with Crippen molar-refractivity contribution in [3.63, 3.8) is 0 Å². The third-order valence-corrected chi connectivity index (χ3v) is 8.11. The van der Waals surface area contributed by atoms with Crippen LogP contribution in [-0.2, 0) is 31.0 Å². The molecule has 0 saturated carbocycles. The summed E-state index contributed by atoms with van der Waals surface area (Å²) in [7, 11) is 0. The summed E-state index contributed by atoms with van der Waals surface area (Å²) in [6.45, 7) is 11.5. The first-order chi connectivity index (χ1) is 20.8. The van der Waals surface area contributed by atoms with Crippen molar-refractivity contribution >= 4 is 34.7 Å². The molecule has 44 heavy (non-hydrogen) atoms. The van der Waals surface area contributed by atoms with Gasteiger partial charge in [-0.25, -0.2) is 4.79 Å². The number of para-hydroxylation sites is 1. The average molecular weight is 604 g/mol. The maximum atomic E-state index is 14.2. The Morgan fingerprint density at radius 1 is 0.955 bits per heavy atom. The Morgan fingerprint density at radius 2 is 1.59 bits per heavy atom. The van der Waals surface area contributed by atoms with Gasteiger partial charge in [0.05, 0.1) is 5.41 Å². The molecule has 10 nitrogen and oxygen atoms in total. The highest BCUT2D eigenvalue weighted by atomic mass is 16.6. The number of likely N-dealkylation sites (tertiary alicyclic amines) is 1. The van der Waals surface area contributed by atoms with E-state index < -0.39 is 34.6 Å². The predicted molar refractivity (Wildman–Crippen MR) is 170 cm³/mol. The third kappa shape index (κ3) is 7.41. The van der Waals surface area contributed by atoms with E-state index in [-0.39, 0.29) is 18.2 Å². The van der Waals surface area contributed by atoms with Gasteiger partial charge in [0, 0.05) is 43.2 Å². The lowest BCUT2D eigenvalue weighted by atomic mass is 9.72. The van der Waals surface area contributed by atoms with E-state index in [2.05, 4.69) is 20.9 Å². The molecule has 10 heteroatoms. The standard InChI is InChI=1S/C34H45N5O5/c1-7-35-30(42)34(24-13-9-8-10-14-24)17-19-39(20-18-34)28(40)27(21-23-22-36-26-16-12-11-15-25(23)26)37-29(41)33(5,6)38-31(43)44-32(2,3)4/h8-16,22,27,36H,7,17-21H2,1-6H3,(H,35,42)(H,37,41)(H,38,43)/t27-/m1/s1. The molecule has 236 valence electrons. The second-order valence-corrected chi connectivity index (χ2v) is 13.0. The second kappa shape index (κ2) is 13.1. The maximum Gasteiger partial charge on any atom is 0.408 e. The van der Waals surface area contributed by atoms with Gasteiger partial charge in [-0.1, -0.05) is 48.5 Å². The largest absolute Gasteiger partial charge is 0.444 e. The number of fused-ring (bicyclic) bond motifs is 1. The van der Waals surface area contributed by atoms with E-state index in [0.29, 0.717) is 32.5 Å². The minimum Gasteiger partial charge on any atom is -0.444 e. The lowest BCUT2D eigenvalue weighted by Gasteiger charge is -2.42. The molecule has 1 saturated heterocycles. The van der Waals surface area contributed by atoms with Crippen LogP contribution >= 0.6 is 0 Å². The highest BCUT2D eigenvalue weighted by Gasteiger charge is 2.44. The summed E-state index contributed by atoms with van der Waals surface area (Å²) in [5, 5.41) is 9.51. The lowest BCUT2D eigenvalue weighted by molar-refractivity contribution is -0.140. The quantitative estimate of drug-likeness (QED) is 0.291. The van der Waals surface area contributed by atoms with E-state index in [9.17, 15) is 19.2 Å². The number of hydrogen-bond acceptors (Lipinski definition) is 5. The first-order valence-electron chi connectivity index (χ1n) is 15.3. The fraction of sp³-hybridized carbons (Fsp3) is 0.471. The summed E-state index contributed by atoms with van der Waals surface area (Å²) in [6, 6.07) is 16.6. The van der Waals surface area contributed by atoms with Crippen molar-refractivity contribution in [2.75, 3.05) is 19.6 Å². The van der Waals surface area contributed by atoms with Crippen LogP contribution in [0.1, 0.15) is 65.5 Å². The molecule has 1 atom stereocenters. The van der Waals surface area contributed by atoms with Gasteiger partial charge in [0.15, 0.2) is 0 Å². The van der Waals surface area contributed by atoms with Crippen LogP contribution in [0.5, 0.6) is 0 Å². The van der Waals surface area contributed by atoms with Crippen molar-refractivity contribution in [1.29, 1.82) is 0 Å². The van der Waals surface area contributed by atoms with E-state index in [4.69, 9.17) is 4.74 Å². The summed E-state index contributed by atoms with van der Waals surface area (Å²) in [5.41, 5.74) is -0.0970. The number of carbonyl (C=O) groups excluding carboxylic acids is 4. The molecule has 0 spiro atoms. The summed E-state index contributed by atoms with van der Waals surface area (Å²) in [5.74, 6) is -0.800. The second-order valence-electron chi connectivity index (χ2n) is 13.0. The molecule has 0 aliphatic carbocycles. The number of piperidine rings is 1. The normalized spacial score (nSPS) is 15.7. The summed E-state index contributed by atoms with van der Waals surface area (Å²) in [6.07, 6.45) is 2.28. The number of hydrogen-bond donors (Lipinski definition) is 4. The van der Waals surface area contributed by atoms with Gasteiger partial charge in [0.2, 0.25) is 17.7 Å². The Bertz CT molecular complexity index is 1480. The fourth-order valence-corrected chi connectivity index (χ4v) is 5.74. The molecule has 0 radical (unpaired) electrons. The number of likely N-dealkylation sites (N-methyl/N-ethyl adjacent to an activating group) is 1. The van der Waals surface area contributed by atoms with Crippen LogP contribution in [0, 0.1) is 0 Å². The highest BCUT2D eigenvalue weighted by molar-refractivity contribution is 5.95. The lowest BCUT2D eigenvalue weighted by Crippen LogP contribution is -2.61. The first kappa shape index (κ1) is 32.6. The molecule has 1 aliphatic heterocycles. The summed E-state index contributed by atoms with van der Waals surface area (Å²) < 4.78 is 5.36. The van der Waals surface area contributed by atoms with Gasteiger partial charge >= 0.3 is 6.09 Å². The molecule has 2 aromatic carbocycles. The number of H-pyrrole nitrogens is 1. The zero-order chi connectivity index (χ0) is 32.1. The van der Waals surface area contributed by atoms with Crippen LogP contribution < -0.4 is 16.0 Å². The number of nitrogens with zero attached hydrogens (tertiary/aromatic N) is 1. The number of benzene rings is 2. The maximum absolute atomic E-state index is 14.2. The summed E-state index contributed by atoms with van der Waals surface area (Å²) in [4.78, 5) is 58.6. The van der Waals surface area contributed by atoms with Gasteiger partial charge in [-0.2, -0.15) is 0 Å². The van der Waals surface area contributed by atoms with Crippen molar-refractivity contribution in [3.05, 3.63) is 71.9 Å². The van der Waals surface area contributed by atoms with E-state index >= 15 is 0 Å². The van der Waals surface area contributed by atoms with E-state index in [1.165, 1.54) is 0 Å². The fourth-order valence-electron chi connectivity index (χ4n) is 5.74. The zero-order valence-corrected chi connectivity index (χ0v) is 26.6. The molecule has 4 amide bonds. The molecular formula is C34H45N5O5. The number of rotatable bonds is 9. The first-order valence-corrected chi connectivity index (χ1v) is 15.3. The molecule has 4 N–H and O–H groups in total.